The minimum Gasteiger partial charge on any atom is -0.353 e. The molecule has 1 aliphatic carbocycles. The molecule has 0 unspecified atom stereocenters. The van der Waals surface area contributed by atoms with E-state index in [1.54, 1.807) is 11.3 Å². The zero-order chi connectivity index (χ0) is 12.2. The van der Waals surface area contributed by atoms with Gasteiger partial charge < -0.3 is 9.88 Å². The normalized spacial score (nSPS) is 16.9. The van der Waals surface area contributed by atoms with Crippen molar-refractivity contribution < 1.29 is 0 Å². The predicted molar refractivity (Wildman–Crippen MR) is 73.9 cm³/mol. The first kappa shape index (κ1) is 11.7. The second-order valence-corrected chi connectivity index (χ2v) is 5.80. The van der Waals surface area contributed by atoms with Crippen LogP contribution >= 0.6 is 11.3 Å². The smallest absolute Gasteiger partial charge is 0.203 e. The predicted octanol–water partition coefficient (Wildman–Crippen LogP) is 3.13. The number of nitrogens with one attached hydrogen (secondary N) is 1. The Hall–Kier alpha value is -1.36. The maximum absolute atomic E-state index is 4.43. The fourth-order valence-electron chi connectivity index (χ4n) is 2.49. The zero-order valence-electron chi connectivity index (χ0n) is 10.4. The number of anilines is 1. The largest absolute Gasteiger partial charge is 0.353 e. The number of hydrogen-bond donors (Lipinski definition) is 1. The zero-order valence-corrected chi connectivity index (χ0v) is 11.2. The van der Waals surface area contributed by atoms with Gasteiger partial charge in [-0.3, -0.25) is 4.98 Å². The third kappa shape index (κ3) is 2.72. The molecule has 0 bridgehead atoms. The maximum Gasteiger partial charge on any atom is 0.203 e. The number of rotatable bonds is 4. The molecule has 96 valence electrons. The van der Waals surface area contributed by atoms with E-state index < -0.39 is 0 Å². The van der Waals surface area contributed by atoms with Crippen molar-refractivity contribution in [3.8, 4) is 0 Å². The Balaban J connectivity index is 1.67. The van der Waals surface area contributed by atoms with Gasteiger partial charge in [-0.05, 0) is 12.8 Å². The van der Waals surface area contributed by atoms with E-state index in [2.05, 4.69) is 19.9 Å². The average Bonchev–Trinajstić information content (AvgIpc) is 3.04. The third-order valence-corrected chi connectivity index (χ3v) is 4.23. The Morgan fingerprint density at radius 2 is 2.22 bits per heavy atom. The van der Waals surface area contributed by atoms with Gasteiger partial charge in [-0.25, -0.2) is 4.98 Å². The molecule has 1 fully saturated rings. The average molecular weight is 262 g/mol. The summed E-state index contributed by atoms with van der Waals surface area (Å²) >= 11 is 1.69. The Kier molecular flexibility index (Phi) is 3.59. The van der Waals surface area contributed by atoms with Gasteiger partial charge in [0.05, 0.1) is 12.1 Å². The van der Waals surface area contributed by atoms with Crippen molar-refractivity contribution in [2.75, 3.05) is 5.32 Å². The van der Waals surface area contributed by atoms with Crippen LogP contribution in [0.5, 0.6) is 0 Å². The molecule has 0 saturated heterocycles. The van der Waals surface area contributed by atoms with Gasteiger partial charge >= 0.3 is 0 Å². The molecule has 2 heterocycles. The lowest BCUT2D eigenvalue weighted by atomic mass is 9.96. The number of nitrogens with zero attached hydrogens (tertiary/aromatic N) is 3. The van der Waals surface area contributed by atoms with Gasteiger partial charge in [0.1, 0.15) is 0 Å². The lowest BCUT2D eigenvalue weighted by molar-refractivity contribution is 0.459. The van der Waals surface area contributed by atoms with E-state index >= 15 is 0 Å². The summed E-state index contributed by atoms with van der Waals surface area (Å²) in [5.74, 6) is 0.996. The lowest BCUT2D eigenvalue weighted by Gasteiger charge is -2.23. The highest BCUT2D eigenvalue weighted by Gasteiger charge is 2.15. The first-order chi connectivity index (χ1) is 8.92. The molecular formula is C13H18N4S. The molecule has 18 heavy (non-hydrogen) atoms. The Bertz CT molecular complexity index is 471. The molecule has 3 rings (SSSR count). The first-order valence-corrected chi connectivity index (χ1v) is 7.45. The fourth-order valence-corrected chi connectivity index (χ4v) is 3.09. The van der Waals surface area contributed by atoms with Gasteiger partial charge in [0.25, 0.3) is 0 Å². The summed E-state index contributed by atoms with van der Waals surface area (Å²) in [6.45, 7) is 0.861. The van der Waals surface area contributed by atoms with Crippen molar-refractivity contribution in [2.24, 2.45) is 0 Å². The molecular weight excluding hydrogens is 244 g/mol. The molecule has 4 nitrogen and oxygen atoms in total. The molecule has 1 N–H and O–H groups in total. The summed E-state index contributed by atoms with van der Waals surface area (Å²) in [5, 5.41) is 3.58. The van der Waals surface area contributed by atoms with Crippen molar-refractivity contribution >= 4 is 17.3 Å². The summed E-state index contributed by atoms with van der Waals surface area (Å²) in [6.07, 6.45) is 12.4. The maximum atomic E-state index is 4.43. The monoisotopic (exact) mass is 262 g/mol. The molecule has 0 radical (unpaired) electrons. The molecule has 0 amide bonds. The van der Waals surface area contributed by atoms with Gasteiger partial charge in [-0.15, -0.1) is 11.3 Å². The number of imidazole rings is 1. The van der Waals surface area contributed by atoms with Gasteiger partial charge in [0, 0.05) is 29.5 Å². The lowest BCUT2D eigenvalue weighted by Crippen LogP contribution is -2.24. The highest BCUT2D eigenvalue weighted by molar-refractivity contribution is 7.09. The van der Waals surface area contributed by atoms with Gasteiger partial charge in [-0.1, -0.05) is 19.3 Å². The van der Waals surface area contributed by atoms with E-state index in [0.29, 0.717) is 6.04 Å². The third-order valence-electron chi connectivity index (χ3n) is 3.46. The van der Waals surface area contributed by atoms with E-state index in [1.165, 1.54) is 37.0 Å². The van der Waals surface area contributed by atoms with Crippen molar-refractivity contribution in [2.45, 2.75) is 44.7 Å². The molecule has 0 aliphatic heterocycles. The molecule has 5 heteroatoms. The van der Waals surface area contributed by atoms with Crippen molar-refractivity contribution in [3.63, 3.8) is 0 Å². The molecule has 0 spiro atoms. The van der Waals surface area contributed by atoms with Crippen molar-refractivity contribution in [1.29, 1.82) is 0 Å². The van der Waals surface area contributed by atoms with Crippen molar-refractivity contribution in [1.82, 2.24) is 14.5 Å². The van der Waals surface area contributed by atoms with Crippen LogP contribution in [-0.4, -0.2) is 20.6 Å². The molecule has 0 aromatic carbocycles. The summed E-state index contributed by atoms with van der Waals surface area (Å²) in [6, 6.07) is 0.598. The highest BCUT2D eigenvalue weighted by Crippen LogP contribution is 2.21. The quantitative estimate of drug-likeness (QED) is 0.920. The minimum absolute atomic E-state index is 0.598. The summed E-state index contributed by atoms with van der Waals surface area (Å²) < 4.78 is 2.17. The van der Waals surface area contributed by atoms with Crippen LogP contribution in [0.2, 0.25) is 0 Å². The molecule has 1 aliphatic rings. The van der Waals surface area contributed by atoms with Gasteiger partial charge in [-0.2, -0.15) is 0 Å². The van der Waals surface area contributed by atoms with Crippen LogP contribution in [0.4, 0.5) is 5.95 Å². The standard InChI is InChI=1S/C13H18N4S/c1-2-4-11(5-3-1)16-13-15-6-7-17(13)9-12-8-14-10-18-12/h6-8,10-11H,1-5,9H2,(H,15,16). The van der Waals surface area contributed by atoms with E-state index in [4.69, 9.17) is 0 Å². The SMILES string of the molecule is c1cn(Cc2cncs2)c(NC2CCCCC2)n1. The Morgan fingerprint density at radius 3 is 3.00 bits per heavy atom. The van der Waals surface area contributed by atoms with Gasteiger partial charge in [0.15, 0.2) is 0 Å². The number of aromatic nitrogens is 3. The number of hydrogen-bond acceptors (Lipinski definition) is 4. The van der Waals surface area contributed by atoms with Crippen LogP contribution in [0.25, 0.3) is 0 Å². The topological polar surface area (TPSA) is 42.7 Å². The van der Waals surface area contributed by atoms with Crippen LogP contribution in [0.3, 0.4) is 0 Å². The van der Waals surface area contributed by atoms with E-state index in [-0.39, 0.29) is 0 Å². The molecule has 0 atom stereocenters. The van der Waals surface area contributed by atoms with Gasteiger partial charge in [0.2, 0.25) is 5.95 Å². The molecule has 2 aromatic rings. The second-order valence-electron chi connectivity index (χ2n) is 4.83. The van der Waals surface area contributed by atoms with E-state index in [1.807, 2.05) is 24.1 Å². The summed E-state index contributed by atoms with van der Waals surface area (Å²) in [4.78, 5) is 9.80. The minimum atomic E-state index is 0.598. The fraction of sp³-hybridized carbons (Fsp3) is 0.538. The Labute approximate surface area is 111 Å². The van der Waals surface area contributed by atoms with Crippen LogP contribution in [0.15, 0.2) is 24.1 Å². The molecule has 2 aromatic heterocycles. The van der Waals surface area contributed by atoms with Crippen molar-refractivity contribution in [3.05, 3.63) is 29.0 Å². The van der Waals surface area contributed by atoms with Crippen LogP contribution in [-0.2, 0) is 6.54 Å². The van der Waals surface area contributed by atoms with E-state index in [0.717, 1.165) is 12.5 Å². The second kappa shape index (κ2) is 5.52. The summed E-state index contributed by atoms with van der Waals surface area (Å²) in [5.41, 5.74) is 1.88. The number of thiazole rings is 1. The van der Waals surface area contributed by atoms with E-state index in [9.17, 15) is 0 Å². The van der Waals surface area contributed by atoms with Crippen LogP contribution < -0.4 is 5.32 Å². The molecule has 1 saturated carbocycles. The highest BCUT2D eigenvalue weighted by atomic mass is 32.1. The van der Waals surface area contributed by atoms with Crippen LogP contribution in [0.1, 0.15) is 37.0 Å². The first-order valence-electron chi connectivity index (χ1n) is 6.57. The summed E-state index contributed by atoms with van der Waals surface area (Å²) in [7, 11) is 0. The van der Waals surface area contributed by atoms with Crippen LogP contribution in [0, 0.1) is 0 Å². The Morgan fingerprint density at radius 1 is 1.33 bits per heavy atom.